The molecule has 3 rings (SSSR count). The predicted octanol–water partition coefficient (Wildman–Crippen LogP) is 5.43. The second-order valence-electron chi connectivity index (χ2n) is 7.30. The zero-order chi connectivity index (χ0) is 23.5. The number of amides is 1. The lowest BCUT2D eigenvalue weighted by atomic mass is 10.1. The lowest BCUT2D eigenvalue weighted by Crippen LogP contribution is -2.24. The van der Waals surface area contributed by atoms with E-state index in [1.807, 2.05) is 24.3 Å². The zero-order valence-electron chi connectivity index (χ0n) is 18.3. The molecule has 0 aliphatic rings. The Bertz CT molecular complexity index is 1100. The van der Waals surface area contributed by atoms with Gasteiger partial charge in [0.2, 0.25) is 0 Å². The Labute approximate surface area is 198 Å². The molecule has 0 saturated heterocycles. The fraction of sp³-hybridized carbons (Fsp3) is 0.192. The SMILES string of the molecule is CCCCc1ccc(OCC(=O)N/N=C/c2ccc(OC(=O)c3cccc(Cl)c3)cc2)cc1. The van der Waals surface area contributed by atoms with E-state index in [1.54, 1.807) is 48.5 Å². The van der Waals surface area contributed by atoms with Crippen molar-refractivity contribution in [3.05, 3.63) is 94.5 Å². The van der Waals surface area contributed by atoms with Gasteiger partial charge >= 0.3 is 5.97 Å². The smallest absolute Gasteiger partial charge is 0.343 e. The first-order valence-electron chi connectivity index (χ1n) is 10.6. The van der Waals surface area contributed by atoms with Crippen molar-refractivity contribution in [3.8, 4) is 11.5 Å². The highest BCUT2D eigenvalue weighted by atomic mass is 35.5. The lowest BCUT2D eigenvalue weighted by molar-refractivity contribution is -0.123. The van der Waals surface area contributed by atoms with E-state index in [4.69, 9.17) is 21.1 Å². The number of hydrogen-bond acceptors (Lipinski definition) is 5. The standard InChI is InChI=1S/C26H25ClN2O4/c1-2-3-5-19-8-12-23(13-9-19)32-18-25(30)29-28-17-20-10-14-24(15-11-20)33-26(31)21-6-4-7-22(27)16-21/h4,6-17H,2-3,5,18H2,1H3,(H,29,30)/b28-17+. The maximum Gasteiger partial charge on any atom is 0.343 e. The van der Waals surface area contributed by atoms with Crippen LogP contribution in [0.3, 0.4) is 0 Å². The number of esters is 1. The van der Waals surface area contributed by atoms with E-state index < -0.39 is 5.97 Å². The van der Waals surface area contributed by atoms with Crippen molar-refractivity contribution >= 4 is 29.7 Å². The minimum absolute atomic E-state index is 0.135. The van der Waals surface area contributed by atoms with E-state index in [0.717, 1.165) is 24.8 Å². The summed E-state index contributed by atoms with van der Waals surface area (Å²) < 4.78 is 10.8. The summed E-state index contributed by atoms with van der Waals surface area (Å²) in [5, 5.41) is 4.38. The molecule has 7 heteroatoms. The van der Waals surface area contributed by atoms with Crippen molar-refractivity contribution in [2.45, 2.75) is 26.2 Å². The number of benzene rings is 3. The third-order valence-electron chi connectivity index (χ3n) is 4.67. The number of nitrogens with one attached hydrogen (secondary N) is 1. The van der Waals surface area contributed by atoms with Gasteiger partial charge in [0.1, 0.15) is 11.5 Å². The number of hydrogen-bond donors (Lipinski definition) is 1. The summed E-state index contributed by atoms with van der Waals surface area (Å²) in [6, 6.07) is 21.0. The summed E-state index contributed by atoms with van der Waals surface area (Å²) >= 11 is 5.89. The number of aryl methyl sites for hydroxylation is 1. The van der Waals surface area contributed by atoms with E-state index in [-0.39, 0.29) is 12.5 Å². The molecule has 0 atom stereocenters. The van der Waals surface area contributed by atoms with Gasteiger partial charge in [-0.3, -0.25) is 4.79 Å². The number of ether oxygens (including phenoxy) is 2. The fourth-order valence-corrected chi connectivity index (χ4v) is 3.09. The molecule has 3 aromatic rings. The van der Waals surface area contributed by atoms with E-state index in [9.17, 15) is 9.59 Å². The van der Waals surface area contributed by atoms with Crippen molar-refractivity contribution in [2.24, 2.45) is 5.10 Å². The fourth-order valence-electron chi connectivity index (χ4n) is 2.90. The Morgan fingerprint density at radius 2 is 1.73 bits per heavy atom. The maximum atomic E-state index is 12.2. The molecule has 0 radical (unpaired) electrons. The molecule has 0 saturated carbocycles. The normalized spacial score (nSPS) is 10.7. The van der Waals surface area contributed by atoms with Crippen LogP contribution in [0.2, 0.25) is 5.02 Å². The number of halogens is 1. The summed E-state index contributed by atoms with van der Waals surface area (Å²) in [4.78, 5) is 24.1. The third-order valence-corrected chi connectivity index (χ3v) is 4.90. The predicted molar refractivity (Wildman–Crippen MR) is 129 cm³/mol. The van der Waals surface area contributed by atoms with Crippen LogP contribution in [-0.4, -0.2) is 24.7 Å². The molecule has 6 nitrogen and oxygen atoms in total. The second kappa shape index (κ2) is 12.4. The molecule has 170 valence electrons. The van der Waals surface area contributed by atoms with Crippen molar-refractivity contribution in [2.75, 3.05) is 6.61 Å². The molecule has 0 aromatic heterocycles. The molecule has 33 heavy (non-hydrogen) atoms. The molecule has 0 spiro atoms. The third kappa shape index (κ3) is 8.09. The molecule has 0 unspecified atom stereocenters. The van der Waals surface area contributed by atoms with Crippen molar-refractivity contribution < 1.29 is 19.1 Å². The molecule has 0 bridgehead atoms. The van der Waals surface area contributed by atoms with Crippen LogP contribution >= 0.6 is 11.6 Å². The topological polar surface area (TPSA) is 77.0 Å². The zero-order valence-corrected chi connectivity index (χ0v) is 19.0. The van der Waals surface area contributed by atoms with Crippen LogP contribution in [0.15, 0.2) is 77.9 Å². The summed E-state index contributed by atoms with van der Waals surface area (Å²) in [5.74, 6) is 0.155. The Hall–Kier alpha value is -3.64. The van der Waals surface area contributed by atoms with Crippen LogP contribution in [0.4, 0.5) is 0 Å². The van der Waals surface area contributed by atoms with Gasteiger partial charge in [-0.2, -0.15) is 5.10 Å². The van der Waals surface area contributed by atoms with Crippen LogP contribution < -0.4 is 14.9 Å². The first kappa shape index (κ1) is 24.0. The molecule has 3 aromatic carbocycles. The number of rotatable bonds is 10. The molecule has 0 aliphatic heterocycles. The van der Waals surface area contributed by atoms with Gasteiger partial charge in [-0.25, -0.2) is 10.2 Å². The van der Waals surface area contributed by atoms with E-state index in [0.29, 0.717) is 22.1 Å². The highest BCUT2D eigenvalue weighted by Gasteiger charge is 2.09. The van der Waals surface area contributed by atoms with Gasteiger partial charge in [0.25, 0.3) is 5.91 Å². The van der Waals surface area contributed by atoms with E-state index >= 15 is 0 Å². The largest absolute Gasteiger partial charge is 0.484 e. The molecule has 0 aliphatic carbocycles. The Kier molecular flexibility index (Phi) is 9.03. The number of unbranched alkanes of at least 4 members (excludes halogenated alkanes) is 1. The average molecular weight is 465 g/mol. The van der Waals surface area contributed by atoms with Gasteiger partial charge in [0.05, 0.1) is 11.8 Å². The summed E-state index contributed by atoms with van der Waals surface area (Å²) in [6.45, 7) is 2.03. The minimum Gasteiger partial charge on any atom is -0.484 e. The number of hydrazone groups is 1. The highest BCUT2D eigenvalue weighted by molar-refractivity contribution is 6.30. The number of carbonyl (C=O) groups is 2. The second-order valence-corrected chi connectivity index (χ2v) is 7.73. The monoisotopic (exact) mass is 464 g/mol. The van der Waals surface area contributed by atoms with Crippen molar-refractivity contribution in [1.82, 2.24) is 5.43 Å². The van der Waals surface area contributed by atoms with Gasteiger partial charge in [-0.15, -0.1) is 0 Å². The van der Waals surface area contributed by atoms with Crippen LogP contribution in [0.5, 0.6) is 11.5 Å². The van der Waals surface area contributed by atoms with Gasteiger partial charge < -0.3 is 9.47 Å². The molecule has 0 heterocycles. The van der Waals surface area contributed by atoms with Gasteiger partial charge in [-0.1, -0.05) is 43.1 Å². The van der Waals surface area contributed by atoms with Crippen molar-refractivity contribution in [1.29, 1.82) is 0 Å². The number of nitrogens with zero attached hydrogens (tertiary/aromatic N) is 1. The minimum atomic E-state index is -0.498. The summed E-state index contributed by atoms with van der Waals surface area (Å²) in [7, 11) is 0. The molecular weight excluding hydrogens is 440 g/mol. The Morgan fingerprint density at radius 3 is 2.42 bits per heavy atom. The summed E-state index contributed by atoms with van der Waals surface area (Å²) in [5.41, 5.74) is 4.76. The van der Waals surface area contributed by atoms with Crippen molar-refractivity contribution in [3.63, 3.8) is 0 Å². The lowest BCUT2D eigenvalue weighted by Gasteiger charge is -2.06. The van der Waals surface area contributed by atoms with Crippen LogP contribution in [0, 0.1) is 0 Å². The van der Waals surface area contributed by atoms with Crippen LogP contribution in [0.1, 0.15) is 41.3 Å². The quantitative estimate of drug-likeness (QED) is 0.188. The first-order chi connectivity index (χ1) is 16.0. The average Bonchev–Trinajstić information content (AvgIpc) is 2.83. The molecule has 1 N–H and O–H groups in total. The molecular formula is C26H25ClN2O4. The van der Waals surface area contributed by atoms with Crippen LogP contribution in [0.25, 0.3) is 0 Å². The van der Waals surface area contributed by atoms with Gasteiger partial charge in [0, 0.05) is 5.02 Å². The number of carbonyl (C=O) groups excluding carboxylic acids is 2. The Morgan fingerprint density at radius 1 is 1.00 bits per heavy atom. The Balaban J connectivity index is 1.42. The first-order valence-corrected chi connectivity index (χ1v) is 11.0. The van der Waals surface area contributed by atoms with E-state index in [1.165, 1.54) is 11.8 Å². The highest BCUT2D eigenvalue weighted by Crippen LogP contribution is 2.16. The maximum absolute atomic E-state index is 12.2. The van der Waals surface area contributed by atoms with Gasteiger partial charge in [-0.05, 0) is 78.6 Å². The summed E-state index contributed by atoms with van der Waals surface area (Å²) in [6.07, 6.45) is 4.83. The van der Waals surface area contributed by atoms with E-state index in [2.05, 4.69) is 17.5 Å². The van der Waals surface area contributed by atoms with Gasteiger partial charge in [0.15, 0.2) is 6.61 Å². The molecule has 0 fully saturated rings. The molecule has 1 amide bonds. The van der Waals surface area contributed by atoms with Crippen LogP contribution in [-0.2, 0) is 11.2 Å².